The van der Waals surface area contributed by atoms with E-state index < -0.39 is 18.2 Å². The van der Waals surface area contributed by atoms with Crippen LogP contribution in [0.15, 0.2) is 0 Å². The summed E-state index contributed by atoms with van der Waals surface area (Å²) >= 11 is 0. The molecule has 0 radical (unpaired) electrons. The van der Waals surface area contributed by atoms with Crippen LogP contribution in [0.1, 0.15) is 39.0 Å². The molecule has 0 aromatic rings. The van der Waals surface area contributed by atoms with Crippen LogP contribution in [0, 0.1) is 5.92 Å². The maximum Gasteiger partial charge on any atom is 0.405 e. The van der Waals surface area contributed by atoms with E-state index in [1.54, 1.807) is 4.90 Å². The van der Waals surface area contributed by atoms with Gasteiger partial charge in [-0.3, -0.25) is 4.79 Å². The van der Waals surface area contributed by atoms with Crippen LogP contribution < -0.4 is 11.1 Å². The van der Waals surface area contributed by atoms with Gasteiger partial charge in [0.1, 0.15) is 6.04 Å². The minimum atomic E-state index is -1.17. The standard InChI is InChI=1S/C14H25N3O4/c1-2-12(18)9-7-8(15)3-4-11(9)17-6-5-10(13(17)19)16-14(20)21/h8-12,16,18H,2-7,15H2,1H3,(H,20,21)/t8-,9+,10+,11+,12?/m1/s1. The van der Waals surface area contributed by atoms with Crippen LogP contribution in [-0.4, -0.2) is 57.9 Å². The number of carbonyl (C=O) groups excluding carboxylic acids is 1. The summed E-state index contributed by atoms with van der Waals surface area (Å²) in [4.78, 5) is 24.8. The Kier molecular flexibility index (Phi) is 5.05. The molecule has 21 heavy (non-hydrogen) atoms. The van der Waals surface area contributed by atoms with Crippen LogP contribution >= 0.6 is 0 Å². The second-order valence-electron chi connectivity index (χ2n) is 6.10. The average Bonchev–Trinajstić information content (AvgIpc) is 2.79. The highest BCUT2D eigenvalue weighted by Crippen LogP contribution is 2.33. The lowest BCUT2D eigenvalue weighted by molar-refractivity contribution is -0.134. The molecule has 1 aliphatic carbocycles. The van der Waals surface area contributed by atoms with Gasteiger partial charge < -0.3 is 26.2 Å². The Balaban J connectivity index is 2.08. The molecular weight excluding hydrogens is 274 g/mol. The second kappa shape index (κ2) is 6.62. The topological polar surface area (TPSA) is 116 Å². The zero-order valence-corrected chi connectivity index (χ0v) is 12.4. The molecule has 1 heterocycles. The van der Waals surface area contributed by atoms with Crippen LogP contribution in [-0.2, 0) is 4.79 Å². The molecule has 0 bridgehead atoms. The number of carboxylic acid groups (broad SMARTS) is 1. The quantitative estimate of drug-likeness (QED) is 0.588. The molecule has 1 saturated heterocycles. The molecule has 2 fully saturated rings. The van der Waals surface area contributed by atoms with Crippen molar-refractivity contribution in [1.82, 2.24) is 10.2 Å². The van der Waals surface area contributed by atoms with E-state index in [4.69, 9.17) is 10.8 Å². The number of likely N-dealkylation sites (tertiary alicyclic amines) is 1. The molecule has 7 heteroatoms. The average molecular weight is 299 g/mol. The second-order valence-corrected chi connectivity index (χ2v) is 6.10. The fourth-order valence-corrected chi connectivity index (χ4v) is 3.64. The van der Waals surface area contributed by atoms with Gasteiger partial charge in [-0.05, 0) is 32.1 Å². The van der Waals surface area contributed by atoms with Crippen molar-refractivity contribution in [3.05, 3.63) is 0 Å². The minimum Gasteiger partial charge on any atom is -0.465 e. The number of hydrogen-bond donors (Lipinski definition) is 4. The number of aliphatic hydroxyl groups excluding tert-OH is 1. The minimum absolute atomic E-state index is 0.0220. The predicted octanol–water partition coefficient (Wildman–Crippen LogP) is 0.122. The summed E-state index contributed by atoms with van der Waals surface area (Å²) in [5.41, 5.74) is 6.00. The highest BCUT2D eigenvalue weighted by molar-refractivity contribution is 5.87. The van der Waals surface area contributed by atoms with Gasteiger partial charge in [0.25, 0.3) is 0 Å². The Bertz CT molecular complexity index is 404. The van der Waals surface area contributed by atoms with E-state index in [0.717, 1.165) is 12.8 Å². The maximum absolute atomic E-state index is 12.4. The van der Waals surface area contributed by atoms with Gasteiger partial charge in [0, 0.05) is 24.5 Å². The fourth-order valence-electron chi connectivity index (χ4n) is 3.64. The van der Waals surface area contributed by atoms with Gasteiger partial charge in [-0.25, -0.2) is 4.79 Å². The van der Waals surface area contributed by atoms with Crippen molar-refractivity contribution in [2.75, 3.05) is 6.54 Å². The Labute approximate surface area is 124 Å². The maximum atomic E-state index is 12.4. The molecule has 7 nitrogen and oxygen atoms in total. The largest absolute Gasteiger partial charge is 0.465 e. The van der Waals surface area contributed by atoms with Gasteiger partial charge in [-0.1, -0.05) is 6.92 Å². The molecule has 2 rings (SSSR count). The molecule has 0 aromatic carbocycles. The number of nitrogens with zero attached hydrogens (tertiary/aromatic N) is 1. The lowest BCUT2D eigenvalue weighted by Crippen LogP contribution is -2.52. The highest BCUT2D eigenvalue weighted by atomic mass is 16.4. The van der Waals surface area contributed by atoms with E-state index in [1.807, 2.05) is 6.92 Å². The first kappa shape index (κ1) is 16.0. The Morgan fingerprint density at radius 2 is 2.19 bits per heavy atom. The van der Waals surface area contributed by atoms with Gasteiger partial charge in [-0.2, -0.15) is 0 Å². The molecule has 0 aromatic heterocycles. The van der Waals surface area contributed by atoms with E-state index in [9.17, 15) is 14.7 Å². The Morgan fingerprint density at radius 3 is 2.81 bits per heavy atom. The molecule has 1 saturated carbocycles. The van der Waals surface area contributed by atoms with Gasteiger partial charge in [0.05, 0.1) is 6.10 Å². The Hall–Kier alpha value is -1.34. The lowest BCUT2D eigenvalue weighted by Gasteiger charge is -2.42. The number of amides is 2. The molecule has 120 valence electrons. The fraction of sp³-hybridized carbons (Fsp3) is 0.857. The summed E-state index contributed by atoms with van der Waals surface area (Å²) in [6.45, 7) is 2.46. The number of aliphatic hydroxyl groups is 1. The summed E-state index contributed by atoms with van der Waals surface area (Å²) in [7, 11) is 0. The molecule has 2 amide bonds. The van der Waals surface area contributed by atoms with Crippen molar-refractivity contribution >= 4 is 12.0 Å². The predicted molar refractivity (Wildman–Crippen MR) is 76.7 cm³/mol. The summed E-state index contributed by atoms with van der Waals surface area (Å²) in [5.74, 6) is -0.197. The normalized spacial score (nSPS) is 34.8. The van der Waals surface area contributed by atoms with E-state index in [-0.39, 0.29) is 23.9 Å². The summed E-state index contributed by atoms with van der Waals surface area (Å²) in [6.07, 6.45) is 1.79. The van der Waals surface area contributed by atoms with Crippen molar-refractivity contribution < 1.29 is 19.8 Å². The van der Waals surface area contributed by atoms with E-state index in [1.165, 1.54) is 0 Å². The van der Waals surface area contributed by atoms with Crippen molar-refractivity contribution in [3.63, 3.8) is 0 Å². The van der Waals surface area contributed by atoms with Gasteiger partial charge >= 0.3 is 6.09 Å². The number of nitrogens with one attached hydrogen (secondary N) is 1. The Morgan fingerprint density at radius 1 is 1.48 bits per heavy atom. The number of hydrogen-bond acceptors (Lipinski definition) is 4. The third-order valence-corrected chi connectivity index (χ3v) is 4.75. The van der Waals surface area contributed by atoms with Crippen LogP contribution in [0.2, 0.25) is 0 Å². The van der Waals surface area contributed by atoms with E-state index >= 15 is 0 Å². The van der Waals surface area contributed by atoms with Gasteiger partial charge in [0.15, 0.2) is 0 Å². The molecular formula is C14H25N3O4. The summed E-state index contributed by atoms with van der Waals surface area (Å²) in [5, 5.41) is 21.3. The summed E-state index contributed by atoms with van der Waals surface area (Å²) in [6, 6.07) is -0.622. The van der Waals surface area contributed by atoms with Crippen molar-refractivity contribution in [2.24, 2.45) is 11.7 Å². The van der Waals surface area contributed by atoms with Crippen LogP contribution in [0.3, 0.4) is 0 Å². The first-order chi connectivity index (χ1) is 9.93. The van der Waals surface area contributed by atoms with E-state index in [0.29, 0.717) is 25.8 Å². The van der Waals surface area contributed by atoms with Crippen molar-refractivity contribution in [1.29, 1.82) is 0 Å². The first-order valence-electron chi connectivity index (χ1n) is 7.67. The SMILES string of the molecule is CCC(O)[C@H]1C[C@H](N)CC[C@@H]1N1CC[C@H](NC(=O)O)C1=O. The lowest BCUT2D eigenvalue weighted by atomic mass is 9.77. The van der Waals surface area contributed by atoms with Crippen molar-refractivity contribution in [3.8, 4) is 0 Å². The number of nitrogens with two attached hydrogens (primary N) is 1. The van der Waals surface area contributed by atoms with Crippen LogP contribution in [0.5, 0.6) is 0 Å². The van der Waals surface area contributed by atoms with Crippen molar-refractivity contribution in [2.45, 2.75) is 63.3 Å². The third kappa shape index (κ3) is 3.47. The zero-order valence-electron chi connectivity index (χ0n) is 12.4. The first-order valence-corrected chi connectivity index (χ1v) is 7.67. The molecule has 1 aliphatic heterocycles. The van der Waals surface area contributed by atoms with E-state index in [2.05, 4.69) is 5.32 Å². The number of carbonyl (C=O) groups is 2. The highest BCUT2D eigenvalue weighted by Gasteiger charge is 2.43. The van der Waals surface area contributed by atoms with Gasteiger partial charge in [-0.15, -0.1) is 0 Å². The molecule has 5 atom stereocenters. The third-order valence-electron chi connectivity index (χ3n) is 4.75. The summed E-state index contributed by atoms with van der Waals surface area (Å²) < 4.78 is 0. The zero-order chi connectivity index (χ0) is 15.6. The van der Waals surface area contributed by atoms with Crippen LogP contribution in [0.25, 0.3) is 0 Å². The van der Waals surface area contributed by atoms with Crippen LogP contribution in [0.4, 0.5) is 4.79 Å². The smallest absolute Gasteiger partial charge is 0.405 e. The molecule has 5 N–H and O–H groups in total. The molecule has 0 spiro atoms. The molecule has 1 unspecified atom stereocenters. The number of rotatable bonds is 4. The monoisotopic (exact) mass is 299 g/mol. The van der Waals surface area contributed by atoms with Gasteiger partial charge in [0.2, 0.25) is 5.91 Å². The molecule has 2 aliphatic rings.